The third-order valence-corrected chi connectivity index (χ3v) is 6.29. The Morgan fingerprint density at radius 1 is 1.07 bits per heavy atom. The van der Waals surface area contributed by atoms with Crippen molar-refractivity contribution in [2.75, 3.05) is 20.1 Å². The summed E-state index contributed by atoms with van der Waals surface area (Å²) in [6, 6.07) is 20.1. The van der Waals surface area contributed by atoms with Crippen molar-refractivity contribution in [1.29, 1.82) is 0 Å². The van der Waals surface area contributed by atoms with E-state index in [2.05, 4.69) is 5.32 Å². The zero-order valence-electron chi connectivity index (χ0n) is 17.0. The van der Waals surface area contributed by atoms with E-state index in [1.54, 1.807) is 0 Å². The normalized spacial score (nSPS) is 24.5. The van der Waals surface area contributed by atoms with Crippen LogP contribution in [-0.2, 0) is 16.1 Å². The molecule has 0 saturated carbocycles. The molecule has 2 aliphatic rings. The topological polar surface area (TPSA) is 52.7 Å². The Kier molecular flexibility index (Phi) is 5.95. The summed E-state index contributed by atoms with van der Waals surface area (Å²) in [5.41, 5.74) is 2.12. The number of benzene rings is 2. The molecule has 3 atom stereocenters. The summed E-state index contributed by atoms with van der Waals surface area (Å²) in [7, 11) is 1.92. The lowest BCUT2D eigenvalue weighted by molar-refractivity contribution is -0.149. The minimum atomic E-state index is -0.234. The van der Waals surface area contributed by atoms with Crippen LogP contribution in [0.2, 0.25) is 0 Å². The lowest BCUT2D eigenvalue weighted by Crippen LogP contribution is -2.50. The van der Waals surface area contributed by atoms with Crippen molar-refractivity contribution in [2.24, 2.45) is 5.92 Å². The molecule has 2 heterocycles. The van der Waals surface area contributed by atoms with Crippen molar-refractivity contribution < 1.29 is 9.59 Å². The number of carbonyl (C=O) groups is 2. The van der Waals surface area contributed by atoms with Crippen LogP contribution in [0.5, 0.6) is 0 Å². The van der Waals surface area contributed by atoms with Crippen molar-refractivity contribution in [2.45, 2.75) is 37.9 Å². The maximum atomic E-state index is 13.5. The average Bonchev–Trinajstić information content (AvgIpc) is 3.30. The Hall–Kier alpha value is -2.66. The third-order valence-electron chi connectivity index (χ3n) is 6.29. The van der Waals surface area contributed by atoms with E-state index in [9.17, 15) is 9.59 Å². The van der Waals surface area contributed by atoms with Crippen LogP contribution in [0.4, 0.5) is 0 Å². The molecule has 2 saturated heterocycles. The Balaban J connectivity index is 1.66. The smallest absolute Gasteiger partial charge is 0.228 e. The predicted molar refractivity (Wildman–Crippen MR) is 113 cm³/mol. The fraction of sp³-hybridized carbons (Fsp3) is 0.417. The first-order valence-electron chi connectivity index (χ1n) is 10.5. The number of nitrogens with zero attached hydrogens (tertiary/aromatic N) is 2. The fourth-order valence-corrected chi connectivity index (χ4v) is 4.65. The summed E-state index contributed by atoms with van der Waals surface area (Å²) in [4.78, 5) is 30.3. The Bertz CT molecular complexity index is 834. The monoisotopic (exact) mass is 391 g/mol. The molecular weight excluding hydrogens is 362 g/mol. The Labute approximate surface area is 172 Å². The molecule has 2 aliphatic heterocycles. The molecule has 3 unspecified atom stereocenters. The highest BCUT2D eigenvalue weighted by Gasteiger charge is 2.42. The summed E-state index contributed by atoms with van der Waals surface area (Å²) >= 11 is 0. The lowest BCUT2D eigenvalue weighted by Gasteiger charge is -2.42. The maximum Gasteiger partial charge on any atom is 0.228 e. The molecule has 2 amide bonds. The molecular formula is C24H29N3O2. The molecule has 29 heavy (non-hydrogen) atoms. The van der Waals surface area contributed by atoms with E-state index in [1.807, 2.05) is 77.5 Å². The van der Waals surface area contributed by atoms with Gasteiger partial charge in [0, 0.05) is 32.6 Å². The average molecular weight is 392 g/mol. The highest BCUT2D eigenvalue weighted by Crippen LogP contribution is 2.39. The van der Waals surface area contributed by atoms with Crippen LogP contribution < -0.4 is 5.32 Å². The maximum absolute atomic E-state index is 13.5. The SMILES string of the molecule is CN(C(=O)C1CCC(=O)N(Cc2ccccc2)C1c1ccccc1)C1CCNC1. The van der Waals surface area contributed by atoms with Gasteiger partial charge < -0.3 is 15.1 Å². The van der Waals surface area contributed by atoms with Gasteiger partial charge in [-0.3, -0.25) is 9.59 Å². The number of carbonyl (C=O) groups excluding carboxylic acids is 2. The number of piperidine rings is 1. The van der Waals surface area contributed by atoms with Gasteiger partial charge in [0.25, 0.3) is 0 Å². The molecule has 0 aliphatic carbocycles. The van der Waals surface area contributed by atoms with Crippen molar-refractivity contribution >= 4 is 11.8 Å². The minimum absolute atomic E-state index is 0.122. The molecule has 2 fully saturated rings. The number of hydrogen-bond donors (Lipinski definition) is 1. The highest BCUT2D eigenvalue weighted by molar-refractivity contribution is 5.85. The Morgan fingerprint density at radius 3 is 2.41 bits per heavy atom. The van der Waals surface area contributed by atoms with Crippen molar-refractivity contribution in [3.05, 3.63) is 71.8 Å². The number of nitrogens with one attached hydrogen (secondary N) is 1. The van der Waals surface area contributed by atoms with Crippen LogP contribution >= 0.6 is 0 Å². The zero-order chi connectivity index (χ0) is 20.2. The van der Waals surface area contributed by atoms with Crippen LogP contribution in [0.15, 0.2) is 60.7 Å². The van der Waals surface area contributed by atoms with Crippen LogP contribution in [-0.4, -0.2) is 47.8 Å². The van der Waals surface area contributed by atoms with Crippen molar-refractivity contribution in [3.8, 4) is 0 Å². The molecule has 2 aromatic carbocycles. The second kappa shape index (κ2) is 8.78. The summed E-state index contributed by atoms with van der Waals surface area (Å²) in [6.45, 7) is 2.32. The van der Waals surface area contributed by atoms with Gasteiger partial charge in [-0.15, -0.1) is 0 Å². The van der Waals surface area contributed by atoms with Crippen LogP contribution in [0.25, 0.3) is 0 Å². The van der Waals surface area contributed by atoms with Gasteiger partial charge in [0.05, 0.1) is 12.0 Å². The Morgan fingerprint density at radius 2 is 1.76 bits per heavy atom. The minimum Gasteiger partial charge on any atom is -0.341 e. The molecule has 152 valence electrons. The second-order valence-electron chi connectivity index (χ2n) is 8.10. The number of likely N-dealkylation sites (N-methyl/N-ethyl adjacent to an activating group) is 1. The number of likely N-dealkylation sites (tertiary alicyclic amines) is 1. The molecule has 0 spiro atoms. The largest absolute Gasteiger partial charge is 0.341 e. The predicted octanol–water partition coefficient (Wildman–Crippen LogP) is 2.99. The summed E-state index contributed by atoms with van der Waals surface area (Å²) in [5, 5.41) is 3.34. The van der Waals surface area contributed by atoms with E-state index in [0.717, 1.165) is 30.6 Å². The van der Waals surface area contributed by atoms with E-state index >= 15 is 0 Å². The van der Waals surface area contributed by atoms with E-state index in [-0.39, 0.29) is 29.8 Å². The second-order valence-corrected chi connectivity index (χ2v) is 8.10. The first kappa shape index (κ1) is 19.6. The molecule has 1 N–H and O–H groups in total. The molecule has 0 radical (unpaired) electrons. The first-order chi connectivity index (χ1) is 14.1. The molecule has 4 rings (SSSR count). The quantitative estimate of drug-likeness (QED) is 0.853. The third kappa shape index (κ3) is 4.20. The molecule has 0 bridgehead atoms. The molecule has 0 aromatic heterocycles. The van der Waals surface area contributed by atoms with E-state index in [1.165, 1.54) is 0 Å². The van der Waals surface area contributed by atoms with Gasteiger partial charge in [-0.2, -0.15) is 0 Å². The molecule has 2 aromatic rings. The van der Waals surface area contributed by atoms with E-state index < -0.39 is 0 Å². The fourth-order valence-electron chi connectivity index (χ4n) is 4.65. The van der Waals surface area contributed by atoms with Gasteiger partial charge in [-0.05, 0) is 30.5 Å². The summed E-state index contributed by atoms with van der Waals surface area (Å²) in [5.74, 6) is 0.0551. The number of rotatable bonds is 5. The van der Waals surface area contributed by atoms with Gasteiger partial charge in [0.1, 0.15) is 0 Å². The van der Waals surface area contributed by atoms with Gasteiger partial charge in [0.2, 0.25) is 11.8 Å². The summed E-state index contributed by atoms with van der Waals surface area (Å²) in [6.07, 6.45) is 2.01. The molecule has 5 heteroatoms. The van der Waals surface area contributed by atoms with Gasteiger partial charge >= 0.3 is 0 Å². The van der Waals surface area contributed by atoms with Crippen molar-refractivity contribution in [1.82, 2.24) is 15.1 Å². The van der Waals surface area contributed by atoms with E-state index in [0.29, 0.717) is 19.4 Å². The van der Waals surface area contributed by atoms with E-state index in [4.69, 9.17) is 0 Å². The van der Waals surface area contributed by atoms with Gasteiger partial charge in [-0.1, -0.05) is 60.7 Å². The first-order valence-corrected chi connectivity index (χ1v) is 10.5. The molecule has 5 nitrogen and oxygen atoms in total. The van der Waals surface area contributed by atoms with Crippen molar-refractivity contribution in [3.63, 3.8) is 0 Å². The standard InChI is InChI=1S/C24H29N3O2/c1-26(20-14-15-25-16-20)24(29)21-12-13-22(28)27(17-18-8-4-2-5-9-18)23(21)19-10-6-3-7-11-19/h2-11,20-21,23,25H,12-17H2,1H3. The number of hydrogen-bond acceptors (Lipinski definition) is 3. The van der Waals surface area contributed by atoms with Gasteiger partial charge in [-0.25, -0.2) is 0 Å². The zero-order valence-corrected chi connectivity index (χ0v) is 17.0. The lowest BCUT2D eigenvalue weighted by atomic mass is 9.82. The highest BCUT2D eigenvalue weighted by atomic mass is 16.2. The van der Waals surface area contributed by atoms with Crippen LogP contribution in [0, 0.1) is 5.92 Å². The van der Waals surface area contributed by atoms with Crippen LogP contribution in [0.3, 0.4) is 0 Å². The number of amides is 2. The summed E-state index contributed by atoms with van der Waals surface area (Å²) < 4.78 is 0. The van der Waals surface area contributed by atoms with Crippen LogP contribution in [0.1, 0.15) is 36.4 Å². The van der Waals surface area contributed by atoms with Gasteiger partial charge in [0.15, 0.2) is 0 Å².